The Bertz CT molecular complexity index is 1050. The molecule has 7 nitrogen and oxygen atoms in total. The Hall–Kier alpha value is -2.26. The summed E-state index contributed by atoms with van der Waals surface area (Å²) in [6, 6.07) is 4.56. The average Bonchev–Trinajstić information content (AvgIpc) is 3.27. The highest BCUT2D eigenvalue weighted by molar-refractivity contribution is 5.64. The van der Waals surface area contributed by atoms with Gasteiger partial charge < -0.3 is 15.2 Å². The van der Waals surface area contributed by atoms with E-state index in [2.05, 4.69) is 39.2 Å². The van der Waals surface area contributed by atoms with Crippen LogP contribution in [0.4, 0.5) is 14.6 Å². The van der Waals surface area contributed by atoms with Crippen LogP contribution in [0.5, 0.6) is 5.75 Å². The Balaban J connectivity index is 1.19. The van der Waals surface area contributed by atoms with Gasteiger partial charge in [0.1, 0.15) is 0 Å². The fraction of sp³-hybridized carbons (Fsp3) is 0.680. The lowest BCUT2D eigenvalue weighted by Crippen LogP contribution is -2.64. The van der Waals surface area contributed by atoms with E-state index in [1.54, 1.807) is 6.20 Å². The van der Waals surface area contributed by atoms with Gasteiger partial charge in [-0.05, 0) is 63.0 Å². The van der Waals surface area contributed by atoms with Crippen molar-refractivity contribution in [2.75, 3.05) is 25.4 Å². The van der Waals surface area contributed by atoms with Crippen LogP contribution in [0.15, 0.2) is 18.3 Å². The van der Waals surface area contributed by atoms with Crippen molar-refractivity contribution in [2.45, 2.75) is 76.2 Å². The number of alkyl halides is 2. The largest absolute Gasteiger partial charge is 0.431 e. The number of fused-ring (bicyclic) bond motifs is 1. The minimum Gasteiger partial charge on any atom is -0.431 e. The summed E-state index contributed by atoms with van der Waals surface area (Å²) in [5, 5.41) is 4.89. The zero-order chi connectivity index (χ0) is 23.6. The lowest BCUT2D eigenvalue weighted by atomic mass is 9.88. The molecule has 0 radical (unpaired) electrons. The molecule has 4 heterocycles. The average molecular weight is 474 g/mol. The molecule has 9 heteroatoms. The molecule has 2 saturated carbocycles. The lowest BCUT2D eigenvalue weighted by Gasteiger charge is -2.50. The molecule has 4 fully saturated rings. The highest BCUT2D eigenvalue weighted by atomic mass is 19.3. The van der Waals surface area contributed by atoms with E-state index in [1.807, 2.05) is 0 Å². The third-order valence-electron chi connectivity index (χ3n) is 8.61. The molecule has 2 aromatic rings. The summed E-state index contributed by atoms with van der Waals surface area (Å²) < 4.78 is 38.2. The van der Waals surface area contributed by atoms with Crippen LogP contribution in [0.25, 0.3) is 11.3 Å². The van der Waals surface area contributed by atoms with Gasteiger partial charge in [0, 0.05) is 55.2 Å². The summed E-state index contributed by atoms with van der Waals surface area (Å²) in [4.78, 5) is 6.70. The van der Waals surface area contributed by atoms with Crippen molar-refractivity contribution in [1.82, 2.24) is 19.7 Å². The van der Waals surface area contributed by atoms with Gasteiger partial charge in [-0.15, -0.1) is 0 Å². The highest BCUT2D eigenvalue weighted by Gasteiger charge is 2.61. The zero-order valence-electron chi connectivity index (χ0n) is 19.8. The van der Waals surface area contributed by atoms with Gasteiger partial charge in [0.05, 0.1) is 11.3 Å². The van der Waals surface area contributed by atoms with Gasteiger partial charge >= 0.3 is 6.61 Å². The molecular weight excluding hydrogens is 440 g/mol. The second kappa shape index (κ2) is 8.16. The smallest absolute Gasteiger partial charge is 0.387 e. The fourth-order valence-electron chi connectivity index (χ4n) is 6.62. The quantitative estimate of drug-likeness (QED) is 0.640. The number of ether oxygens (including phenoxy) is 2. The fourth-order valence-corrected chi connectivity index (χ4v) is 6.62. The second-order valence-corrected chi connectivity index (χ2v) is 10.7. The van der Waals surface area contributed by atoms with Crippen LogP contribution in [0.2, 0.25) is 0 Å². The number of anilines is 1. The number of aromatic nitrogens is 3. The predicted octanol–water partition coefficient (Wildman–Crippen LogP) is 4.46. The van der Waals surface area contributed by atoms with Crippen molar-refractivity contribution in [3.63, 3.8) is 0 Å². The molecule has 2 aliphatic heterocycles. The summed E-state index contributed by atoms with van der Waals surface area (Å²) in [5.41, 5.74) is 8.51. The topological polar surface area (TPSA) is 78.4 Å². The number of nitrogen functional groups attached to an aromatic ring is 1. The summed E-state index contributed by atoms with van der Waals surface area (Å²) in [7, 11) is 0. The number of hydrogen-bond acceptors (Lipinski definition) is 6. The first kappa shape index (κ1) is 22.2. The molecule has 3 unspecified atom stereocenters. The van der Waals surface area contributed by atoms with Crippen molar-refractivity contribution in [3.8, 4) is 17.0 Å². The van der Waals surface area contributed by atoms with Gasteiger partial charge in [0.25, 0.3) is 0 Å². The molecule has 0 amide bonds. The van der Waals surface area contributed by atoms with Crippen LogP contribution in [-0.4, -0.2) is 57.6 Å². The molecule has 6 rings (SSSR count). The maximum atomic E-state index is 12.8. The Labute approximate surface area is 198 Å². The molecule has 5 atom stereocenters. The third kappa shape index (κ3) is 3.68. The number of nitrogens with two attached hydrogens (primary N) is 1. The van der Waals surface area contributed by atoms with E-state index in [-0.39, 0.29) is 23.2 Å². The third-order valence-corrected chi connectivity index (χ3v) is 8.61. The first-order valence-corrected chi connectivity index (χ1v) is 12.6. The zero-order valence-corrected chi connectivity index (χ0v) is 19.8. The summed E-state index contributed by atoms with van der Waals surface area (Å²) in [5.74, 6) is 1.74. The normalized spacial score (nSPS) is 30.5. The minimum atomic E-state index is -2.95. The molecule has 4 aliphatic rings. The van der Waals surface area contributed by atoms with Crippen molar-refractivity contribution in [1.29, 1.82) is 0 Å². The first-order valence-electron chi connectivity index (χ1n) is 12.6. The summed E-state index contributed by atoms with van der Waals surface area (Å²) in [6.07, 6.45) is 7.44. The number of rotatable bonds is 7. The van der Waals surface area contributed by atoms with Crippen LogP contribution < -0.4 is 10.5 Å². The van der Waals surface area contributed by atoms with Gasteiger partial charge in [0.2, 0.25) is 0 Å². The van der Waals surface area contributed by atoms with E-state index in [0.29, 0.717) is 29.4 Å². The summed E-state index contributed by atoms with van der Waals surface area (Å²) in [6.45, 7) is 4.51. The number of likely N-dealkylation sites (tertiary alicyclic amines) is 1. The molecule has 2 N–H and O–H groups in total. The Kier molecular flexibility index (Phi) is 5.33. The summed E-state index contributed by atoms with van der Waals surface area (Å²) >= 11 is 0. The number of hydrogen-bond donors (Lipinski definition) is 1. The van der Waals surface area contributed by atoms with Gasteiger partial charge in [-0.1, -0.05) is 6.92 Å². The highest BCUT2D eigenvalue weighted by Crippen LogP contribution is 2.65. The Morgan fingerprint density at radius 1 is 1.26 bits per heavy atom. The second-order valence-electron chi connectivity index (χ2n) is 10.7. The van der Waals surface area contributed by atoms with Crippen molar-refractivity contribution < 1.29 is 18.3 Å². The van der Waals surface area contributed by atoms with Crippen LogP contribution >= 0.6 is 0 Å². The SMILES string of the molecule is CCC(C)n1nc(-c2cnc(N)c(OC(F)F)c2)cc1C1[C@H]2CC(N3CC4(CCCO4)C3)C[C@@H]12. The van der Waals surface area contributed by atoms with Gasteiger partial charge in [-0.25, -0.2) is 4.98 Å². The van der Waals surface area contributed by atoms with Crippen LogP contribution in [-0.2, 0) is 4.74 Å². The molecule has 0 bridgehead atoms. The molecule has 2 aromatic heterocycles. The van der Waals surface area contributed by atoms with E-state index in [9.17, 15) is 8.78 Å². The van der Waals surface area contributed by atoms with Crippen LogP contribution in [0.3, 0.4) is 0 Å². The van der Waals surface area contributed by atoms with E-state index < -0.39 is 6.61 Å². The lowest BCUT2D eigenvalue weighted by molar-refractivity contribution is -0.126. The van der Waals surface area contributed by atoms with Gasteiger partial charge in [-0.2, -0.15) is 13.9 Å². The maximum absolute atomic E-state index is 12.8. The Morgan fingerprint density at radius 2 is 2.03 bits per heavy atom. The maximum Gasteiger partial charge on any atom is 0.387 e. The first-order chi connectivity index (χ1) is 16.4. The van der Waals surface area contributed by atoms with Crippen LogP contribution in [0, 0.1) is 11.8 Å². The van der Waals surface area contributed by atoms with Crippen molar-refractivity contribution in [2.24, 2.45) is 11.8 Å². The van der Waals surface area contributed by atoms with E-state index >= 15 is 0 Å². The molecule has 184 valence electrons. The van der Waals surface area contributed by atoms with Crippen molar-refractivity contribution >= 4 is 5.82 Å². The van der Waals surface area contributed by atoms with E-state index in [4.69, 9.17) is 15.6 Å². The predicted molar refractivity (Wildman–Crippen MR) is 124 cm³/mol. The molecule has 34 heavy (non-hydrogen) atoms. The van der Waals surface area contributed by atoms with Gasteiger partial charge in [-0.3, -0.25) is 9.58 Å². The van der Waals surface area contributed by atoms with E-state index in [0.717, 1.165) is 31.8 Å². The van der Waals surface area contributed by atoms with Crippen LogP contribution in [0.1, 0.15) is 63.6 Å². The number of halogens is 2. The number of pyridine rings is 1. The molecular formula is C25H33F2N5O2. The Morgan fingerprint density at radius 3 is 2.68 bits per heavy atom. The molecule has 1 spiro atoms. The minimum absolute atomic E-state index is 0.0517. The molecule has 2 saturated heterocycles. The molecule has 2 aliphatic carbocycles. The standard InChI is InChI=1S/C25H33F2N5O2/c1-3-14(2)32-20(10-19(30-32)15-7-21(34-24(26)27)23(28)29-11-15)22-17-8-16(9-18(17)22)31-12-25(13-31)5-4-6-33-25/h7,10-11,14,16-18,22,24H,3-6,8-9,12-13H2,1-2H3,(H2,28,29)/t14?,16?,17-,18+,22?. The van der Waals surface area contributed by atoms with Crippen molar-refractivity contribution in [3.05, 3.63) is 24.0 Å². The number of nitrogens with zero attached hydrogens (tertiary/aromatic N) is 4. The molecule has 0 aromatic carbocycles. The monoisotopic (exact) mass is 473 g/mol. The van der Waals surface area contributed by atoms with Gasteiger partial charge in [0.15, 0.2) is 11.6 Å². The van der Waals surface area contributed by atoms with E-state index in [1.165, 1.54) is 37.4 Å².